The first-order chi connectivity index (χ1) is 12.8. The number of benzene rings is 2. The Morgan fingerprint density at radius 1 is 1.07 bits per heavy atom. The Bertz CT molecular complexity index is 778. The monoisotopic (exact) mass is 383 g/mol. The second-order valence-corrected chi connectivity index (χ2v) is 5.63. The van der Waals surface area contributed by atoms with E-state index < -0.39 is 17.6 Å². The smallest absolute Gasteiger partial charge is 0.416 e. The molecule has 0 aliphatic rings. The summed E-state index contributed by atoms with van der Waals surface area (Å²) in [6, 6.07) is 9.80. The van der Waals surface area contributed by atoms with Crippen molar-refractivity contribution in [3.63, 3.8) is 0 Å². The highest BCUT2D eigenvalue weighted by atomic mass is 19.4. The van der Waals surface area contributed by atoms with Gasteiger partial charge in [-0.15, -0.1) is 0 Å². The van der Waals surface area contributed by atoms with Crippen LogP contribution in [0.3, 0.4) is 0 Å². The Morgan fingerprint density at radius 2 is 1.85 bits per heavy atom. The summed E-state index contributed by atoms with van der Waals surface area (Å²) >= 11 is 0. The second kappa shape index (κ2) is 9.27. The molecule has 0 unspecified atom stereocenters. The lowest BCUT2D eigenvalue weighted by Gasteiger charge is -2.15. The fraction of sp³-hybridized carbons (Fsp3) is 0.316. The van der Waals surface area contributed by atoms with Gasteiger partial charge in [0.25, 0.3) is 0 Å². The zero-order valence-corrected chi connectivity index (χ0v) is 14.9. The quantitative estimate of drug-likeness (QED) is 0.702. The minimum atomic E-state index is -4.53. The summed E-state index contributed by atoms with van der Waals surface area (Å²) in [6.45, 7) is 0.402. The zero-order chi connectivity index (χ0) is 19.9. The third-order valence-electron chi connectivity index (χ3n) is 3.62. The molecule has 0 aliphatic heterocycles. The van der Waals surface area contributed by atoms with Gasteiger partial charge in [0.1, 0.15) is 18.1 Å². The molecule has 5 nitrogen and oxygen atoms in total. The summed E-state index contributed by atoms with van der Waals surface area (Å²) in [5.41, 5.74) is -0.257. The van der Waals surface area contributed by atoms with E-state index >= 15 is 0 Å². The van der Waals surface area contributed by atoms with Crippen LogP contribution in [0.15, 0.2) is 42.5 Å². The second-order valence-electron chi connectivity index (χ2n) is 5.63. The van der Waals surface area contributed by atoms with Gasteiger partial charge in [-0.2, -0.15) is 13.2 Å². The van der Waals surface area contributed by atoms with Crippen LogP contribution < -0.4 is 14.8 Å². The first-order valence-electron chi connectivity index (χ1n) is 8.09. The van der Waals surface area contributed by atoms with Gasteiger partial charge >= 0.3 is 6.18 Å². The van der Waals surface area contributed by atoms with Crippen molar-refractivity contribution in [2.75, 3.05) is 32.8 Å². The third kappa shape index (κ3) is 6.18. The fourth-order valence-electron chi connectivity index (χ4n) is 2.33. The topological polar surface area (TPSA) is 56.8 Å². The van der Waals surface area contributed by atoms with Gasteiger partial charge in [0.15, 0.2) is 0 Å². The molecule has 27 heavy (non-hydrogen) atoms. The lowest BCUT2D eigenvalue weighted by molar-refractivity contribution is -0.137. The number of anilines is 1. The van der Waals surface area contributed by atoms with Crippen molar-refractivity contribution in [3.8, 4) is 11.5 Å². The van der Waals surface area contributed by atoms with Crippen LogP contribution in [-0.2, 0) is 22.1 Å². The van der Waals surface area contributed by atoms with E-state index in [9.17, 15) is 18.0 Å². The standard InChI is InChI=1S/C19H20F3NO4/c1-25-8-9-27-17-7-6-14(19(20,21)22)12-16(17)23-18(24)11-13-4-3-5-15(10-13)26-2/h3-7,10,12H,8-9,11H2,1-2H3,(H,23,24). The number of carbonyl (C=O) groups is 1. The first-order valence-corrected chi connectivity index (χ1v) is 8.09. The highest BCUT2D eigenvalue weighted by Crippen LogP contribution is 2.35. The maximum Gasteiger partial charge on any atom is 0.416 e. The molecule has 1 N–H and O–H groups in total. The molecule has 0 heterocycles. The fourth-order valence-corrected chi connectivity index (χ4v) is 2.33. The predicted molar refractivity (Wildman–Crippen MR) is 94.1 cm³/mol. The third-order valence-corrected chi connectivity index (χ3v) is 3.62. The van der Waals surface area contributed by atoms with Crippen molar-refractivity contribution < 1.29 is 32.2 Å². The summed E-state index contributed by atoms with van der Waals surface area (Å²) in [4.78, 5) is 12.3. The van der Waals surface area contributed by atoms with Gasteiger partial charge in [0, 0.05) is 7.11 Å². The average Bonchev–Trinajstić information content (AvgIpc) is 2.62. The van der Waals surface area contributed by atoms with E-state index in [1.165, 1.54) is 20.3 Å². The van der Waals surface area contributed by atoms with E-state index in [1.54, 1.807) is 24.3 Å². The van der Waals surface area contributed by atoms with Crippen molar-refractivity contribution in [1.82, 2.24) is 0 Å². The summed E-state index contributed by atoms with van der Waals surface area (Å²) in [6.07, 6.45) is -4.55. The molecule has 0 aromatic heterocycles. The van der Waals surface area contributed by atoms with E-state index in [2.05, 4.69) is 5.32 Å². The Hall–Kier alpha value is -2.74. The van der Waals surface area contributed by atoms with E-state index in [0.717, 1.165) is 12.1 Å². The van der Waals surface area contributed by atoms with Crippen LogP contribution in [0.1, 0.15) is 11.1 Å². The SMILES string of the molecule is COCCOc1ccc(C(F)(F)F)cc1NC(=O)Cc1cccc(OC)c1. The molecule has 1 amide bonds. The summed E-state index contributed by atoms with van der Waals surface area (Å²) in [7, 11) is 2.98. The number of alkyl halides is 3. The highest BCUT2D eigenvalue weighted by Gasteiger charge is 2.31. The highest BCUT2D eigenvalue weighted by molar-refractivity contribution is 5.93. The lowest BCUT2D eigenvalue weighted by atomic mass is 10.1. The van der Waals surface area contributed by atoms with E-state index in [0.29, 0.717) is 11.3 Å². The Balaban J connectivity index is 2.18. The molecule has 0 bridgehead atoms. The number of carbonyl (C=O) groups excluding carboxylic acids is 1. The van der Waals surface area contributed by atoms with Gasteiger partial charge in [0.05, 0.1) is 31.4 Å². The Labute approximate surface area is 155 Å². The summed E-state index contributed by atoms with van der Waals surface area (Å²) in [5, 5.41) is 2.49. The number of ether oxygens (including phenoxy) is 3. The molecule has 0 fully saturated rings. The number of hydrogen-bond donors (Lipinski definition) is 1. The van der Waals surface area contributed by atoms with Crippen LogP contribution >= 0.6 is 0 Å². The number of nitrogens with one attached hydrogen (secondary N) is 1. The lowest BCUT2D eigenvalue weighted by Crippen LogP contribution is -2.17. The first kappa shape index (κ1) is 20.6. The maximum atomic E-state index is 13.0. The van der Waals surface area contributed by atoms with Gasteiger partial charge in [-0.05, 0) is 35.9 Å². The molecule has 0 spiro atoms. The molecule has 0 saturated heterocycles. The van der Waals surface area contributed by atoms with Crippen molar-refractivity contribution in [2.45, 2.75) is 12.6 Å². The maximum absolute atomic E-state index is 13.0. The average molecular weight is 383 g/mol. The molecule has 0 radical (unpaired) electrons. The largest absolute Gasteiger partial charge is 0.497 e. The van der Waals surface area contributed by atoms with E-state index in [4.69, 9.17) is 14.2 Å². The molecular formula is C19H20F3NO4. The molecule has 0 atom stereocenters. The zero-order valence-electron chi connectivity index (χ0n) is 14.9. The van der Waals surface area contributed by atoms with Crippen LogP contribution in [0.2, 0.25) is 0 Å². The van der Waals surface area contributed by atoms with Gasteiger partial charge < -0.3 is 19.5 Å². The van der Waals surface area contributed by atoms with Crippen LogP contribution in [0, 0.1) is 0 Å². The number of rotatable bonds is 8. The van der Waals surface area contributed by atoms with Gasteiger partial charge in [-0.25, -0.2) is 0 Å². The molecule has 2 rings (SSSR count). The molecule has 0 saturated carbocycles. The number of amides is 1. The van der Waals surface area contributed by atoms with Crippen LogP contribution in [0.25, 0.3) is 0 Å². The minimum Gasteiger partial charge on any atom is -0.497 e. The molecule has 146 valence electrons. The molecule has 2 aromatic carbocycles. The molecule has 2 aromatic rings. The van der Waals surface area contributed by atoms with Crippen LogP contribution in [-0.4, -0.2) is 33.3 Å². The van der Waals surface area contributed by atoms with Gasteiger partial charge in [0.2, 0.25) is 5.91 Å². The predicted octanol–water partition coefficient (Wildman–Crippen LogP) is 3.92. The van der Waals surface area contributed by atoms with Crippen molar-refractivity contribution in [2.24, 2.45) is 0 Å². The Morgan fingerprint density at radius 3 is 2.52 bits per heavy atom. The van der Waals surface area contributed by atoms with Crippen molar-refractivity contribution in [3.05, 3.63) is 53.6 Å². The normalized spacial score (nSPS) is 11.1. The summed E-state index contributed by atoms with van der Waals surface area (Å²) in [5.74, 6) is 0.251. The van der Waals surface area contributed by atoms with E-state index in [-0.39, 0.29) is 31.1 Å². The van der Waals surface area contributed by atoms with Crippen molar-refractivity contribution in [1.29, 1.82) is 0 Å². The van der Waals surface area contributed by atoms with Crippen LogP contribution in [0.4, 0.5) is 18.9 Å². The van der Waals surface area contributed by atoms with Gasteiger partial charge in [-0.1, -0.05) is 12.1 Å². The number of methoxy groups -OCH3 is 2. The molecule has 0 aliphatic carbocycles. The minimum absolute atomic E-state index is 0.0229. The molecular weight excluding hydrogens is 363 g/mol. The van der Waals surface area contributed by atoms with Crippen LogP contribution in [0.5, 0.6) is 11.5 Å². The Kier molecular flexibility index (Phi) is 7.06. The molecule has 8 heteroatoms. The van der Waals surface area contributed by atoms with Gasteiger partial charge in [-0.3, -0.25) is 4.79 Å². The summed E-state index contributed by atoms with van der Waals surface area (Å²) < 4.78 is 54.3. The number of halogens is 3. The van der Waals surface area contributed by atoms with Crippen molar-refractivity contribution >= 4 is 11.6 Å². The number of hydrogen-bond acceptors (Lipinski definition) is 4. The van der Waals surface area contributed by atoms with E-state index in [1.807, 2.05) is 0 Å².